The van der Waals surface area contributed by atoms with Gasteiger partial charge in [0.05, 0.1) is 0 Å². The summed E-state index contributed by atoms with van der Waals surface area (Å²) in [7, 11) is 0. The van der Waals surface area contributed by atoms with Crippen LogP contribution in [0.15, 0.2) is 41.1 Å². The van der Waals surface area contributed by atoms with Crippen molar-refractivity contribution in [2.75, 3.05) is 5.88 Å². The molecule has 2 aromatic rings. The van der Waals surface area contributed by atoms with E-state index in [-0.39, 0.29) is 11.7 Å². The number of benzene rings is 1. The van der Waals surface area contributed by atoms with Gasteiger partial charge in [0, 0.05) is 11.8 Å². The normalized spacial score (nSPS) is 12.6. The van der Waals surface area contributed by atoms with E-state index in [0.717, 1.165) is 18.4 Å². The molecule has 0 aliphatic carbocycles. The second-order valence-electron chi connectivity index (χ2n) is 4.04. The standard InChI is InChI=1S/C14H14ClFS/c15-9-12(6-5-11-7-8-17-10-11)13-3-1-2-4-14(13)16/h1-4,7-8,10,12H,5-6,9H2. The van der Waals surface area contributed by atoms with Crippen LogP contribution in [0.25, 0.3) is 0 Å². The third-order valence-corrected chi connectivity index (χ3v) is 4.00. The fourth-order valence-electron chi connectivity index (χ4n) is 1.90. The molecule has 0 radical (unpaired) electrons. The topological polar surface area (TPSA) is 0 Å². The Bertz CT molecular complexity index is 453. The van der Waals surface area contributed by atoms with Crippen molar-refractivity contribution in [3.05, 3.63) is 58.0 Å². The van der Waals surface area contributed by atoms with E-state index in [9.17, 15) is 4.39 Å². The van der Waals surface area contributed by atoms with Crippen LogP contribution in [0.3, 0.4) is 0 Å². The largest absolute Gasteiger partial charge is 0.207 e. The van der Waals surface area contributed by atoms with Crippen LogP contribution in [0.4, 0.5) is 4.39 Å². The molecule has 0 amide bonds. The molecule has 0 N–H and O–H groups in total. The van der Waals surface area contributed by atoms with E-state index in [1.54, 1.807) is 17.4 Å². The van der Waals surface area contributed by atoms with Crippen molar-refractivity contribution >= 4 is 22.9 Å². The average Bonchev–Trinajstić information content (AvgIpc) is 2.85. The van der Waals surface area contributed by atoms with Gasteiger partial charge in [-0.15, -0.1) is 11.6 Å². The lowest BCUT2D eigenvalue weighted by Gasteiger charge is -2.14. The van der Waals surface area contributed by atoms with Gasteiger partial charge in [0.2, 0.25) is 0 Å². The highest BCUT2D eigenvalue weighted by Crippen LogP contribution is 2.25. The quantitative estimate of drug-likeness (QED) is 0.681. The SMILES string of the molecule is Fc1ccccc1C(CCl)CCc1ccsc1. The predicted molar refractivity (Wildman–Crippen MR) is 72.5 cm³/mol. The molecule has 0 nitrogen and oxygen atoms in total. The average molecular weight is 269 g/mol. The van der Waals surface area contributed by atoms with E-state index in [2.05, 4.69) is 16.8 Å². The molecule has 1 unspecified atom stereocenters. The molecule has 90 valence electrons. The molecular weight excluding hydrogens is 255 g/mol. The first-order valence-corrected chi connectivity index (χ1v) is 7.10. The summed E-state index contributed by atoms with van der Waals surface area (Å²) < 4.78 is 13.6. The highest BCUT2D eigenvalue weighted by molar-refractivity contribution is 7.07. The predicted octanol–water partition coefficient (Wildman–Crippen LogP) is 4.84. The van der Waals surface area contributed by atoms with Crippen molar-refractivity contribution in [3.8, 4) is 0 Å². The maximum absolute atomic E-state index is 13.6. The van der Waals surface area contributed by atoms with Crippen molar-refractivity contribution in [1.29, 1.82) is 0 Å². The molecule has 1 heterocycles. The first-order valence-electron chi connectivity index (χ1n) is 5.62. The van der Waals surface area contributed by atoms with Gasteiger partial charge in [-0.3, -0.25) is 0 Å². The van der Waals surface area contributed by atoms with Crippen LogP contribution in [-0.4, -0.2) is 5.88 Å². The highest BCUT2D eigenvalue weighted by Gasteiger charge is 2.14. The Kier molecular flexibility index (Phi) is 4.57. The van der Waals surface area contributed by atoms with E-state index >= 15 is 0 Å². The maximum atomic E-state index is 13.6. The number of thiophene rings is 1. The van der Waals surface area contributed by atoms with E-state index in [1.807, 2.05) is 12.1 Å². The Balaban J connectivity index is 2.04. The van der Waals surface area contributed by atoms with Gasteiger partial charge in [-0.2, -0.15) is 11.3 Å². The summed E-state index contributed by atoms with van der Waals surface area (Å²) in [4.78, 5) is 0. The lowest BCUT2D eigenvalue weighted by Crippen LogP contribution is -2.04. The van der Waals surface area contributed by atoms with Crippen molar-refractivity contribution in [2.24, 2.45) is 0 Å². The van der Waals surface area contributed by atoms with Crippen molar-refractivity contribution < 1.29 is 4.39 Å². The third kappa shape index (κ3) is 3.30. The van der Waals surface area contributed by atoms with Gasteiger partial charge in [0.1, 0.15) is 5.82 Å². The molecule has 17 heavy (non-hydrogen) atoms. The molecule has 3 heteroatoms. The van der Waals surface area contributed by atoms with Crippen LogP contribution in [0, 0.1) is 5.82 Å². The van der Waals surface area contributed by atoms with E-state index in [0.29, 0.717) is 5.88 Å². The zero-order valence-corrected chi connectivity index (χ0v) is 11.0. The summed E-state index contributed by atoms with van der Waals surface area (Å²) in [6.45, 7) is 0. The summed E-state index contributed by atoms with van der Waals surface area (Å²) in [5.41, 5.74) is 2.04. The maximum Gasteiger partial charge on any atom is 0.126 e. The Morgan fingerprint density at radius 2 is 2.06 bits per heavy atom. The van der Waals surface area contributed by atoms with Crippen LogP contribution in [-0.2, 0) is 6.42 Å². The Hall–Kier alpha value is -0.860. The Labute approximate surface area is 110 Å². The minimum atomic E-state index is -0.150. The number of alkyl halides is 1. The lowest BCUT2D eigenvalue weighted by molar-refractivity contribution is 0.576. The molecule has 0 bridgehead atoms. The van der Waals surface area contributed by atoms with E-state index in [1.165, 1.54) is 11.6 Å². The number of halogens is 2. The van der Waals surface area contributed by atoms with E-state index < -0.39 is 0 Å². The fourth-order valence-corrected chi connectivity index (χ4v) is 2.92. The molecule has 1 aromatic heterocycles. The zero-order chi connectivity index (χ0) is 12.1. The van der Waals surface area contributed by atoms with E-state index in [4.69, 9.17) is 11.6 Å². The van der Waals surface area contributed by atoms with Crippen molar-refractivity contribution in [1.82, 2.24) is 0 Å². The van der Waals surface area contributed by atoms with Crippen molar-refractivity contribution in [3.63, 3.8) is 0 Å². The van der Waals surface area contributed by atoms with Crippen molar-refractivity contribution in [2.45, 2.75) is 18.8 Å². The summed E-state index contributed by atoms with van der Waals surface area (Å²) >= 11 is 7.64. The smallest absolute Gasteiger partial charge is 0.126 e. The lowest BCUT2D eigenvalue weighted by atomic mass is 9.94. The zero-order valence-electron chi connectivity index (χ0n) is 9.40. The fraction of sp³-hybridized carbons (Fsp3) is 0.286. The van der Waals surface area contributed by atoms with Gasteiger partial charge in [0.25, 0.3) is 0 Å². The molecule has 1 aromatic carbocycles. The summed E-state index contributed by atoms with van der Waals surface area (Å²) in [6, 6.07) is 9.01. The third-order valence-electron chi connectivity index (χ3n) is 2.89. The number of aryl methyl sites for hydroxylation is 1. The van der Waals surface area contributed by atoms with Crippen LogP contribution in [0.5, 0.6) is 0 Å². The second-order valence-corrected chi connectivity index (χ2v) is 5.13. The molecule has 1 atom stereocenters. The number of hydrogen-bond donors (Lipinski definition) is 0. The Morgan fingerprint density at radius 1 is 1.24 bits per heavy atom. The van der Waals surface area contributed by atoms with Gasteiger partial charge in [-0.1, -0.05) is 18.2 Å². The summed E-state index contributed by atoms with van der Waals surface area (Å²) in [5.74, 6) is 0.409. The molecular formula is C14H14ClFS. The Morgan fingerprint density at radius 3 is 2.71 bits per heavy atom. The molecule has 0 fully saturated rings. The minimum absolute atomic E-state index is 0.0952. The molecule has 0 saturated heterocycles. The second kappa shape index (κ2) is 6.18. The highest BCUT2D eigenvalue weighted by atomic mass is 35.5. The molecule has 2 rings (SSSR count). The summed E-state index contributed by atoms with van der Waals surface area (Å²) in [5, 5.41) is 4.20. The molecule has 0 spiro atoms. The molecule has 0 saturated carbocycles. The summed E-state index contributed by atoms with van der Waals surface area (Å²) in [6.07, 6.45) is 1.84. The molecule has 0 aliphatic heterocycles. The monoisotopic (exact) mass is 268 g/mol. The van der Waals surface area contributed by atoms with Gasteiger partial charge >= 0.3 is 0 Å². The van der Waals surface area contributed by atoms with Crippen LogP contribution >= 0.6 is 22.9 Å². The molecule has 0 aliphatic rings. The first-order chi connectivity index (χ1) is 8.31. The minimum Gasteiger partial charge on any atom is -0.207 e. The van der Waals surface area contributed by atoms with Crippen LogP contribution < -0.4 is 0 Å². The number of rotatable bonds is 5. The van der Waals surface area contributed by atoms with Gasteiger partial charge in [0.15, 0.2) is 0 Å². The first kappa shape index (κ1) is 12.6. The van der Waals surface area contributed by atoms with Gasteiger partial charge in [-0.25, -0.2) is 4.39 Å². The van der Waals surface area contributed by atoms with Crippen LogP contribution in [0.1, 0.15) is 23.5 Å². The van der Waals surface area contributed by atoms with Gasteiger partial charge in [-0.05, 0) is 46.9 Å². The van der Waals surface area contributed by atoms with Crippen LogP contribution in [0.2, 0.25) is 0 Å². The van der Waals surface area contributed by atoms with Gasteiger partial charge < -0.3 is 0 Å². The number of hydrogen-bond acceptors (Lipinski definition) is 1.